The molecular formula is C7H3ClF3NaO2S. The van der Waals surface area contributed by atoms with Crippen molar-refractivity contribution in [3.05, 3.63) is 28.8 Å². The van der Waals surface area contributed by atoms with Gasteiger partial charge in [0.05, 0.1) is 5.56 Å². The number of rotatable bonds is 1. The Morgan fingerprint density at radius 3 is 2.20 bits per heavy atom. The van der Waals surface area contributed by atoms with Gasteiger partial charge in [-0.15, -0.1) is 0 Å². The van der Waals surface area contributed by atoms with E-state index in [0.29, 0.717) is 12.1 Å². The maximum atomic E-state index is 12.2. The maximum Gasteiger partial charge on any atom is 1.00 e. The van der Waals surface area contributed by atoms with E-state index in [1.54, 1.807) is 0 Å². The van der Waals surface area contributed by atoms with E-state index < -0.39 is 27.7 Å². The first kappa shape index (κ1) is 15.4. The summed E-state index contributed by atoms with van der Waals surface area (Å²) in [6, 6.07) is 2.13. The Labute approximate surface area is 113 Å². The molecule has 1 aromatic carbocycles. The Hall–Kier alpha value is 0.410. The van der Waals surface area contributed by atoms with Crippen molar-refractivity contribution < 1.29 is 51.5 Å². The smallest absolute Gasteiger partial charge is 0.768 e. The summed E-state index contributed by atoms with van der Waals surface area (Å²) in [4.78, 5) is -0.482. The molecule has 0 bridgehead atoms. The van der Waals surface area contributed by atoms with E-state index in [4.69, 9.17) is 11.6 Å². The summed E-state index contributed by atoms with van der Waals surface area (Å²) in [6.45, 7) is 0. The second kappa shape index (κ2) is 5.65. The molecule has 0 aromatic heterocycles. The van der Waals surface area contributed by atoms with Crippen molar-refractivity contribution in [1.82, 2.24) is 0 Å². The van der Waals surface area contributed by atoms with Crippen LogP contribution in [0.1, 0.15) is 5.56 Å². The fraction of sp³-hybridized carbons (Fsp3) is 0.143. The Kier molecular flexibility index (Phi) is 5.81. The summed E-state index contributed by atoms with van der Waals surface area (Å²) in [7, 11) is 0. The molecule has 8 heteroatoms. The molecule has 0 spiro atoms. The molecule has 15 heavy (non-hydrogen) atoms. The average molecular weight is 267 g/mol. The van der Waals surface area contributed by atoms with E-state index in [9.17, 15) is 21.9 Å². The van der Waals surface area contributed by atoms with E-state index in [-0.39, 0.29) is 34.6 Å². The summed E-state index contributed by atoms with van der Waals surface area (Å²) in [5.41, 5.74) is -1.08. The van der Waals surface area contributed by atoms with Gasteiger partial charge in [-0.25, -0.2) is 0 Å². The van der Waals surface area contributed by atoms with Gasteiger partial charge in [-0.1, -0.05) is 11.6 Å². The van der Waals surface area contributed by atoms with Gasteiger partial charge in [0.15, 0.2) is 0 Å². The van der Waals surface area contributed by atoms with Crippen LogP contribution in [0.3, 0.4) is 0 Å². The van der Waals surface area contributed by atoms with Crippen LogP contribution in [-0.2, 0) is 17.3 Å². The van der Waals surface area contributed by atoms with Crippen LogP contribution in [0.25, 0.3) is 0 Å². The van der Waals surface area contributed by atoms with Crippen LogP contribution >= 0.6 is 11.6 Å². The number of hydrogen-bond acceptors (Lipinski definition) is 2. The molecule has 1 unspecified atom stereocenters. The molecule has 0 aliphatic carbocycles. The van der Waals surface area contributed by atoms with Crippen LogP contribution in [0.5, 0.6) is 0 Å². The third kappa shape index (κ3) is 4.42. The molecule has 1 aromatic rings. The van der Waals surface area contributed by atoms with Gasteiger partial charge in [0.1, 0.15) is 0 Å². The van der Waals surface area contributed by atoms with Crippen LogP contribution < -0.4 is 29.6 Å². The summed E-state index contributed by atoms with van der Waals surface area (Å²) < 4.78 is 57.3. The SMILES string of the molecule is O=S([O-])c1cc(Cl)cc(C(F)(F)F)c1.[Na+]. The van der Waals surface area contributed by atoms with E-state index in [1.165, 1.54) is 0 Å². The first-order valence-electron chi connectivity index (χ1n) is 3.28. The molecule has 0 saturated carbocycles. The van der Waals surface area contributed by atoms with Crippen LogP contribution in [-0.4, -0.2) is 8.76 Å². The van der Waals surface area contributed by atoms with Gasteiger partial charge in [-0.05, 0) is 29.3 Å². The third-order valence-corrected chi connectivity index (χ3v) is 2.23. The van der Waals surface area contributed by atoms with Gasteiger partial charge in [0, 0.05) is 9.92 Å². The Bertz CT molecular complexity index is 383. The zero-order chi connectivity index (χ0) is 10.9. The third-order valence-electron chi connectivity index (χ3n) is 1.39. The Balaban J connectivity index is 0.00000196. The molecule has 78 valence electrons. The first-order valence-corrected chi connectivity index (χ1v) is 4.73. The fourth-order valence-electron chi connectivity index (χ4n) is 0.823. The number of hydrogen-bond donors (Lipinski definition) is 0. The topological polar surface area (TPSA) is 40.1 Å². The van der Waals surface area contributed by atoms with E-state index in [1.807, 2.05) is 0 Å². The minimum absolute atomic E-state index is 0. The molecule has 0 heterocycles. The predicted molar refractivity (Wildman–Crippen MR) is 43.6 cm³/mol. The molecule has 0 radical (unpaired) electrons. The van der Waals surface area contributed by atoms with Gasteiger partial charge >= 0.3 is 35.7 Å². The van der Waals surface area contributed by atoms with Crippen LogP contribution in [0.4, 0.5) is 13.2 Å². The second-order valence-corrected chi connectivity index (χ2v) is 3.79. The van der Waals surface area contributed by atoms with Gasteiger partial charge in [0.2, 0.25) is 0 Å². The molecule has 0 aliphatic heterocycles. The molecule has 1 atom stereocenters. The second-order valence-electron chi connectivity index (χ2n) is 2.41. The molecule has 0 fully saturated rings. The fourth-order valence-corrected chi connectivity index (χ4v) is 1.57. The summed E-state index contributed by atoms with van der Waals surface area (Å²) >= 11 is 2.61. The predicted octanol–water partition coefficient (Wildman–Crippen LogP) is -0.399. The Morgan fingerprint density at radius 1 is 1.27 bits per heavy atom. The van der Waals surface area contributed by atoms with Gasteiger partial charge in [-0.2, -0.15) is 13.2 Å². The molecule has 2 nitrogen and oxygen atoms in total. The largest absolute Gasteiger partial charge is 1.00 e. The van der Waals surface area contributed by atoms with Crippen molar-refractivity contribution >= 4 is 22.7 Å². The quantitative estimate of drug-likeness (QED) is 0.513. The zero-order valence-electron chi connectivity index (χ0n) is 7.47. The standard InChI is InChI=1S/C7H4ClF3O2S.Na/c8-5-1-4(7(9,10)11)2-6(3-5)14(12)13;/h1-3H,(H,12,13);/q;+1/p-1. The zero-order valence-corrected chi connectivity index (χ0v) is 11.0. The number of halogens is 4. The first-order chi connectivity index (χ1) is 6.30. The van der Waals surface area contributed by atoms with E-state index in [2.05, 4.69) is 0 Å². The van der Waals surface area contributed by atoms with Crippen molar-refractivity contribution in [2.45, 2.75) is 11.1 Å². The molecule has 0 amide bonds. The molecular weight excluding hydrogens is 264 g/mol. The van der Waals surface area contributed by atoms with Crippen molar-refractivity contribution in [3.8, 4) is 0 Å². The van der Waals surface area contributed by atoms with Crippen molar-refractivity contribution in [2.75, 3.05) is 0 Å². The normalized spacial score (nSPS) is 13.1. The van der Waals surface area contributed by atoms with Crippen LogP contribution in [0, 0.1) is 0 Å². The average Bonchev–Trinajstić information content (AvgIpc) is 2.01. The Morgan fingerprint density at radius 2 is 1.80 bits per heavy atom. The van der Waals surface area contributed by atoms with E-state index >= 15 is 0 Å². The number of alkyl halides is 3. The minimum atomic E-state index is -4.60. The summed E-state index contributed by atoms with van der Waals surface area (Å²) in [6.07, 6.45) is -4.60. The molecule has 0 saturated heterocycles. The minimum Gasteiger partial charge on any atom is -0.768 e. The molecule has 0 aliphatic rings. The summed E-state index contributed by atoms with van der Waals surface area (Å²) in [5.74, 6) is 0. The van der Waals surface area contributed by atoms with Crippen molar-refractivity contribution in [1.29, 1.82) is 0 Å². The van der Waals surface area contributed by atoms with E-state index in [0.717, 1.165) is 6.07 Å². The van der Waals surface area contributed by atoms with Crippen LogP contribution in [0.2, 0.25) is 5.02 Å². The van der Waals surface area contributed by atoms with Crippen molar-refractivity contribution in [2.24, 2.45) is 0 Å². The van der Waals surface area contributed by atoms with Crippen molar-refractivity contribution in [3.63, 3.8) is 0 Å². The van der Waals surface area contributed by atoms with Gasteiger partial charge in [-0.3, -0.25) is 4.21 Å². The van der Waals surface area contributed by atoms with Crippen LogP contribution in [0.15, 0.2) is 23.1 Å². The molecule has 1 rings (SSSR count). The summed E-state index contributed by atoms with van der Waals surface area (Å²) in [5, 5.41) is -0.265. The van der Waals surface area contributed by atoms with Gasteiger partial charge in [0.25, 0.3) is 0 Å². The molecule has 0 N–H and O–H groups in total. The maximum absolute atomic E-state index is 12.2. The number of benzene rings is 1. The monoisotopic (exact) mass is 266 g/mol. The van der Waals surface area contributed by atoms with Gasteiger partial charge < -0.3 is 4.55 Å².